The summed E-state index contributed by atoms with van der Waals surface area (Å²) in [6.07, 6.45) is 6.02. The second-order valence-corrected chi connectivity index (χ2v) is 5.80. The predicted molar refractivity (Wildman–Crippen MR) is 87.7 cm³/mol. The highest BCUT2D eigenvalue weighted by Crippen LogP contribution is 2.17. The highest BCUT2D eigenvalue weighted by Gasteiger charge is 2.18. The van der Waals surface area contributed by atoms with Gasteiger partial charge in [0.2, 0.25) is 0 Å². The molecular weight excluding hydrogens is 344 g/mol. The lowest BCUT2D eigenvalue weighted by atomic mass is 10.2. The van der Waals surface area contributed by atoms with Crippen LogP contribution in [0.2, 0.25) is 0 Å². The highest BCUT2D eigenvalue weighted by molar-refractivity contribution is 9.10. The van der Waals surface area contributed by atoms with Gasteiger partial charge < -0.3 is 5.32 Å². The molecule has 1 amide bonds. The Hall–Kier alpha value is -2.21. The van der Waals surface area contributed by atoms with Crippen molar-refractivity contribution in [1.29, 1.82) is 0 Å². The second kappa shape index (κ2) is 6.27. The van der Waals surface area contributed by atoms with Gasteiger partial charge in [-0.1, -0.05) is 13.0 Å². The monoisotopic (exact) mass is 358 g/mol. The SMILES string of the molecule is CCc1nc2ccc(Br)cn2c1C(=O)NCc1cccnc1. The number of nitrogens with zero attached hydrogens (tertiary/aromatic N) is 3. The van der Waals surface area contributed by atoms with Crippen LogP contribution in [0.1, 0.15) is 28.7 Å². The first-order valence-electron chi connectivity index (χ1n) is 7.02. The summed E-state index contributed by atoms with van der Waals surface area (Å²) in [7, 11) is 0. The molecule has 0 spiro atoms. The van der Waals surface area contributed by atoms with Crippen molar-refractivity contribution in [1.82, 2.24) is 19.7 Å². The van der Waals surface area contributed by atoms with Crippen LogP contribution < -0.4 is 5.32 Å². The van der Waals surface area contributed by atoms with E-state index in [1.165, 1.54) is 0 Å². The molecule has 0 bridgehead atoms. The molecule has 112 valence electrons. The maximum Gasteiger partial charge on any atom is 0.270 e. The smallest absolute Gasteiger partial charge is 0.270 e. The Kier molecular flexibility index (Phi) is 4.20. The Morgan fingerprint density at radius 3 is 2.95 bits per heavy atom. The van der Waals surface area contributed by atoms with Crippen molar-refractivity contribution < 1.29 is 4.79 Å². The van der Waals surface area contributed by atoms with Gasteiger partial charge in [-0.3, -0.25) is 14.2 Å². The third-order valence-corrected chi connectivity index (χ3v) is 3.85. The number of pyridine rings is 2. The Labute approximate surface area is 136 Å². The van der Waals surface area contributed by atoms with Crippen LogP contribution in [0, 0.1) is 0 Å². The number of aromatic nitrogens is 3. The van der Waals surface area contributed by atoms with Gasteiger partial charge in [-0.15, -0.1) is 0 Å². The molecule has 0 aliphatic carbocycles. The molecule has 3 heterocycles. The molecule has 0 saturated heterocycles. The highest BCUT2D eigenvalue weighted by atomic mass is 79.9. The van der Waals surface area contributed by atoms with E-state index >= 15 is 0 Å². The van der Waals surface area contributed by atoms with E-state index in [-0.39, 0.29) is 5.91 Å². The number of imidazole rings is 1. The first-order chi connectivity index (χ1) is 10.7. The first kappa shape index (κ1) is 14.7. The summed E-state index contributed by atoms with van der Waals surface area (Å²) in [5.74, 6) is -0.133. The number of fused-ring (bicyclic) bond motifs is 1. The van der Waals surface area contributed by atoms with Crippen LogP contribution in [-0.2, 0) is 13.0 Å². The Morgan fingerprint density at radius 2 is 2.23 bits per heavy atom. The van der Waals surface area contributed by atoms with Crippen molar-refractivity contribution >= 4 is 27.5 Å². The lowest BCUT2D eigenvalue weighted by Gasteiger charge is -2.07. The zero-order chi connectivity index (χ0) is 15.5. The second-order valence-electron chi connectivity index (χ2n) is 4.88. The fourth-order valence-electron chi connectivity index (χ4n) is 2.32. The van der Waals surface area contributed by atoms with Crippen LogP contribution in [0.3, 0.4) is 0 Å². The average molecular weight is 359 g/mol. The molecule has 0 saturated carbocycles. The van der Waals surface area contributed by atoms with Gasteiger partial charge in [-0.25, -0.2) is 4.98 Å². The van der Waals surface area contributed by atoms with Gasteiger partial charge in [0.05, 0.1) is 5.69 Å². The van der Waals surface area contributed by atoms with E-state index in [0.29, 0.717) is 18.7 Å². The topological polar surface area (TPSA) is 59.3 Å². The molecule has 3 aromatic rings. The van der Waals surface area contributed by atoms with Crippen molar-refractivity contribution in [3.05, 3.63) is 64.3 Å². The number of rotatable bonds is 4. The standard InChI is InChI=1S/C16H15BrN4O/c1-2-13-15(21-10-12(17)5-6-14(21)20-13)16(22)19-9-11-4-3-7-18-8-11/h3-8,10H,2,9H2,1H3,(H,19,22). The maximum atomic E-state index is 12.6. The minimum Gasteiger partial charge on any atom is -0.347 e. The van der Waals surface area contributed by atoms with Crippen LogP contribution >= 0.6 is 15.9 Å². The first-order valence-corrected chi connectivity index (χ1v) is 7.82. The van der Waals surface area contributed by atoms with Gasteiger partial charge >= 0.3 is 0 Å². The van der Waals surface area contributed by atoms with Crippen molar-refractivity contribution in [2.75, 3.05) is 0 Å². The third kappa shape index (κ3) is 2.87. The van der Waals surface area contributed by atoms with Crippen molar-refractivity contribution in [3.63, 3.8) is 0 Å². The molecule has 0 aliphatic heterocycles. The van der Waals surface area contributed by atoms with Gasteiger partial charge in [0.1, 0.15) is 11.3 Å². The fraction of sp³-hybridized carbons (Fsp3) is 0.188. The largest absolute Gasteiger partial charge is 0.347 e. The van der Waals surface area contributed by atoms with Gasteiger partial charge in [0.25, 0.3) is 5.91 Å². The van der Waals surface area contributed by atoms with Crippen LogP contribution in [0.25, 0.3) is 5.65 Å². The van der Waals surface area contributed by atoms with E-state index < -0.39 is 0 Å². The zero-order valence-corrected chi connectivity index (χ0v) is 13.7. The van der Waals surface area contributed by atoms with Gasteiger partial charge in [0, 0.05) is 29.6 Å². The Balaban J connectivity index is 1.91. The molecule has 0 fully saturated rings. The number of amides is 1. The molecule has 0 aromatic carbocycles. The van der Waals surface area contributed by atoms with Crippen molar-refractivity contribution in [2.24, 2.45) is 0 Å². The molecule has 22 heavy (non-hydrogen) atoms. The third-order valence-electron chi connectivity index (χ3n) is 3.38. The number of carbonyl (C=O) groups excluding carboxylic acids is 1. The lowest BCUT2D eigenvalue weighted by molar-refractivity contribution is 0.0944. The molecule has 0 unspecified atom stereocenters. The van der Waals surface area contributed by atoms with E-state index in [9.17, 15) is 4.79 Å². The summed E-state index contributed by atoms with van der Waals surface area (Å²) in [6, 6.07) is 7.59. The molecule has 6 heteroatoms. The lowest BCUT2D eigenvalue weighted by Crippen LogP contribution is -2.25. The van der Waals surface area contributed by atoms with Gasteiger partial charge in [-0.05, 0) is 46.1 Å². The van der Waals surface area contributed by atoms with Crippen molar-refractivity contribution in [2.45, 2.75) is 19.9 Å². The summed E-state index contributed by atoms with van der Waals surface area (Å²) in [6.45, 7) is 2.44. The molecular formula is C16H15BrN4O. The van der Waals surface area contributed by atoms with E-state index in [1.807, 2.05) is 41.8 Å². The number of aryl methyl sites for hydroxylation is 1. The summed E-state index contributed by atoms with van der Waals surface area (Å²) in [4.78, 5) is 21.1. The fourth-order valence-corrected chi connectivity index (χ4v) is 2.66. The quantitative estimate of drug-likeness (QED) is 0.779. The number of hydrogen-bond acceptors (Lipinski definition) is 3. The molecule has 3 rings (SSSR count). The Bertz CT molecular complexity index is 814. The predicted octanol–water partition coefficient (Wildman–Crippen LogP) is 2.98. The van der Waals surface area contributed by atoms with Crippen molar-refractivity contribution in [3.8, 4) is 0 Å². The minimum absolute atomic E-state index is 0.133. The summed E-state index contributed by atoms with van der Waals surface area (Å²) >= 11 is 3.43. The van der Waals surface area contributed by atoms with E-state index in [2.05, 4.69) is 31.2 Å². The van der Waals surface area contributed by atoms with E-state index in [4.69, 9.17) is 0 Å². The summed E-state index contributed by atoms with van der Waals surface area (Å²) in [5, 5.41) is 2.93. The number of nitrogens with one attached hydrogen (secondary N) is 1. The molecule has 0 radical (unpaired) electrons. The number of halogens is 1. The molecule has 5 nitrogen and oxygen atoms in total. The van der Waals surface area contributed by atoms with E-state index in [1.54, 1.807) is 12.4 Å². The van der Waals surface area contributed by atoms with Crippen LogP contribution in [0.5, 0.6) is 0 Å². The molecule has 3 aromatic heterocycles. The molecule has 0 atom stereocenters. The molecule has 0 aliphatic rings. The summed E-state index contributed by atoms with van der Waals surface area (Å²) < 4.78 is 2.72. The van der Waals surface area contributed by atoms with Crippen LogP contribution in [0.4, 0.5) is 0 Å². The average Bonchev–Trinajstić information content (AvgIpc) is 2.91. The van der Waals surface area contributed by atoms with Crippen LogP contribution in [0.15, 0.2) is 47.3 Å². The maximum absolute atomic E-state index is 12.6. The van der Waals surface area contributed by atoms with Crippen LogP contribution in [-0.4, -0.2) is 20.3 Å². The number of hydrogen-bond donors (Lipinski definition) is 1. The molecule has 1 N–H and O–H groups in total. The van der Waals surface area contributed by atoms with Gasteiger partial charge in [-0.2, -0.15) is 0 Å². The summed E-state index contributed by atoms with van der Waals surface area (Å²) in [5.41, 5.74) is 3.11. The zero-order valence-electron chi connectivity index (χ0n) is 12.1. The Morgan fingerprint density at radius 1 is 1.36 bits per heavy atom. The van der Waals surface area contributed by atoms with Gasteiger partial charge in [0.15, 0.2) is 0 Å². The number of carbonyl (C=O) groups is 1. The van der Waals surface area contributed by atoms with E-state index in [0.717, 1.165) is 21.4 Å². The normalized spacial score (nSPS) is 10.8. The minimum atomic E-state index is -0.133.